The van der Waals surface area contributed by atoms with Crippen LogP contribution in [0.1, 0.15) is 38.2 Å². The molecular formula is C17H25ClN2O. The first-order valence-electron chi connectivity index (χ1n) is 8.17. The predicted octanol–water partition coefficient (Wildman–Crippen LogP) is 3.60. The average molecular weight is 309 g/mol. The number of rotatable bonds is 4. The fraction of sp³-hybridized carbons (Fsp3) is 0.647. The zero-order valence-electron chi connectivity index (χ0n) is 12.8. The lowest BCUT2D eigenvalue weighted by Crippen LogP contribution is -2.52. The Labute approximate surface area is 132 Å². The normalized spacial score (nSPS) is 25.7. The molecule has 1 heterocycles. The zero-order valence-corrected chi connectivity index (χ0v) is 13.5. The predicted molar refractivity (Wildman–Crippen MR) is 88.2 cm³/mol. The summed E-state index contributed by atoms with van der Waals surface area (Å²) >= 11 is 6.46. The van der Waals surface area contributed by atoms with Crippen molar-refractivity contribution in [1.82, 2.24) is 5.32 Å². The molecule has 1 saturated carbocycles. The van der Waals surface area contributed by atoms with Gasteiger partial charge in [-0.2, -0.15) is 0 Å². The van der Waals surface area contributed by atoms with Crippen molar-refractivity contribution in [1.29, 1.82) is 0 Å². The van der Waals surface area contributed by atoms with Crippen molar-refractivity contribution in [2.75, 3.05) is 24.6 Å². The van der Waals surface area contributed by atoms with Gasteiger partial charge in [-0.1, -0.05) is 37.4 Å². The maximum atomic E-state index is 6.46. The van der Waals surface area contributed by atoms with Crippen LogP contribution in [0.4, 0.5) is 5.69 Å². The molecule has 0 amide bonds. The Balaban J connectivity index is 1.77. The Morgan fingerprint density at radius 2 is 2.19 bits per heavy atom. The molecule has 1 saturated heterocycles. The van der Waals surface area contributed by atoms with Crippen molar-refractivity contribution < 1.29 is 4.74 Å². The number of nitrogens with one attached hydrogen (secondary N) is 1. The summed E-state index contributed by atoms with van der Waals surface area (Å²) in [4.78, 5) is 2.51. The van der Waals surface area contributed by atoms with Crippen LogP contribution in [0.15, 0.2) is 18.2 Å². The lowest BCUT2D eigenvalue weighted by Gasteiger charge is -2.45. The van der Waals surface area contributed by atoms with Crippen molar-refractivity contribution in [3.63, 3.8) is 0 Å². The molecule has 2 unspecified atom stereocenters. The molecule has 2 aliphatic rings. The largest absolute Gasteiger partial charge is 0.374 e. The van der Waals surface area contributed by atoms with Gasteiger partial charge in [-0.25, -0.2) is 0 Å². The van der Waals surface area contributed by atoms with Crippen LogP contribution in [0.5, 0.6) is 0 Å². The monoisotopic (exact) mass is 308 g/mol. The van der Waals surface area contributed by atoms with E-state index in [9.17, 15) is 0 Å². The number of morpholine rings is 1. The summed E-state index contributed by atoms with van der Waals surface area (Å²) in [5.74, 6) is 0. The summed E-state index contributed by atoms with van der Waals surface area (Å²) in [6.45, 7) is 5.72. The standard InChI is InChI=1S/C17H25ClN2O/c1-2-19-12-13-7-8-14(11-15(13)18)20-9-10-21-17-6-4-3-5-16(17)20/h7-8,11,16-17,19H,2-6,9-10,12H2,1H3. The van der Waals surface area contributed by atoms with Crippen LogP contribution in [0.25, 0.3) is 0 Å². The molecule has 4 heteroatoms. The third-order valence-corrected chi connectivity index (χ3v) is 5.02. The molecule has 2 atom stereocenters. The Hall–Kier alpha value is -0.770. The van der Waals surface area contributed by atoms with Gasteiger partial charge in [0.15, 0.2) is 0 Å². The van der Waals surface area contributed by atoms with Crippen LogP contribution in [-0.2, 0) is 11.3 Å². The number of anilines is 1. The molecule has 1 aromatic carbocycles. The van der Waals surface area contributed by atoms with Crippen molar-refractivity contribution in [2.24, 2.45) is 0 Å². The van der Waals surface area contributed by atoms with E-state index in [2.05, 4.69) is 35.3 Å². The van der Waals surface area contributed by atoms with E-state index in [1.54, 1.807) is 0 Å². The maximum absolute atomic E-state index is 6.46. The molecule has 1 aliphatic heterocycles. The number of hydrogen-bond acceptors (Lipinski definition) is 3. The van der Waals surface area contributed by atoms with Crippen LogP contribution in [-0.4, -0.2) is 31.8 Å². The van der Waals surface area contributed by atoms with E-state index in [1.165, 1.54) is 36.9 Å². The number of ether oxygens (including phenoxy) is 1. The summed E-state index contributed by atoms with van der Waals surface area (Å²) in [6, 6.07) is 7.04. The smallest absolute Gasteiger partial charge is 0.0779 e. The van der Waals surface area contributed by atoms with E-state index in [0.717, 1.165) is 31.3 Å². The second kappa shape index (κ2) is 6.99. The van der Waals surface area contributed by atoms with Crippen LogP contribution >= 0.6 is 11.6 Å². The van der Waals surface area contributed by atoms with Gasteiger partial charge in [-0.3, -0.25) is 0 Å². The minimum atomic E-state index is 0.410. The summed E-state index contributed by atoms with van der Waals surface area (Å²) in [5.41, 5.74) is 2.43. The van der Waals surface area contributed by atoms with E-state index >= 15 is 0 Å². The molecule has 0 aromatic heterocycles. The van der Waals surface area contributed by atoms with Crippen molar-refractivity contribution >= 4 is 17.3 Å². The maximum Gasteiger partial charge on any atom is 0.0779 e. The Morgan fingerprint density at radius 3 is 3.00 bits per heavy atom. The van der Waals surface area contributed by atoms with Gasteiger partial charge in [0.2, 0.25) is 0 Å². The minimum absolute atomic E-state index is 0.410. The van der Waals surface area contributed by atoms with Gasteiger partial charge < -0.3 is 15.0 Å². The Morgan fingerprint density at radius 1 is 1.33 bits per heavy atom. The Bertz CT molecular complexity index is 478. The molecule has 0 spiro atoms. The molecule has 1 N–H and O–H groups in total. The van der Waals surface area contributed by atoms with E-state index in [-0.39, 0.29) is 0 Å². The highest BCUT2D eigenvalue weighted by molar-refractivity contribution is 6.31. The molecule has 21 heavy (non-hydrogen) atoms. The van der Waals surface area contributed by atoms with Crippen molar-refractivity contribution in [2.45, 2.75) is 51.3 Å². The molecular weight excluding hydrogens is 284 g/mol. The van der Waals surface area contributed by atoms with Crippen LogP contribution < -0.4 is 10.2 Å². The highest BCUT2D eigenvalue weighted by Gasteiger charge is 2.34. The highest BCUT2D eigenvalue weighted by Crippen LogP contribution is 2.33. The zero-order chi connectivity index (χ0) is 14.7. The Kier molecular flexibility index (Phi) is 5.04. The summed E-state index contributed by atoms with van der Waals surface area (Å²) in [6.07, 6.45) is 5.46. The van der Waals surface area contributed by atoms with Gasteiger partial charge in [-0.05, 0) is 37.1 Å². The van der Waals surface area contributed by atoms with Crippen LogP contribution in [0.3, 0.4) is 0 Å². The number of benzene rings is 1. The van der Waals surface area contributed by atoms with E-state index in [1.807, 2.05) is 0 Å². The van der Waals surface area contributed by atoms with Crippen LogP contribution in [0.2, 0.25) is 5.02 Å². The molecule has 3 rings (SSSR count). The van der Waals surface area contributed by atoms with Crippen molar-refractivity contribution in [3.05, 3.63) is 28.8 Å². The summed E-state index contributed by atoms with van der Waals surface area (Å²) < 4.78 is 5.96. The highest BCUT2D eigenvalue weighted by atomic mass is 35.5. The summed E-state index contributed by atoms with van der Waals surface area (Å²) in [5, 5.41) is 4.20. The SMILES string of the molecule is CCNCc1ccc(N2CCOC3CCCCC32)cc1Cl. The number of hydrogen-bond donors (Lipinski definition) is 1. The second-order valence-corrected chi connectivity index (χ2v) is 6.42. The number of nitrogens with zero attached hydrogens (tertiary/aromatic N) is 1. The lowest BCUT2D eigenvalue weighted by molar-refractivity contribution is -0.00867. The first kappa shape index (κ1) is 15.1. The first-order chi connectivity index (χ1) is 10.3. The van der Waals surface area contributed by atoms with Gasteiger partial charge in [0.1, 0.15) is 0 Å². The van der Waals surface area contributed by atoms with E-state index in [0.29, 0.717) is 12.1 Å². The van der Waals surface area contributed by atoms with E-state index in [4.69, 9.17) is 16.3 Å². The molecule has 2 fully saturated rings. The third-order valence-electron chi connectivity index (χ3n) is 4.67. The van der Waals surface area contributed by atoms with Gasteiger partial charge in [-0.15, -0.1) is 0 Å². The van der Waals surface area contributed by atoms with Gasteiger partial charge >= 0.3 is 0 Å². The molecule has 1 aliphatic carbocycles. The topological polar surface area (TPSA) is 24.5 Å². The fourth-order valence-electron chi connectivity index (χ4n) is 3.53. The second-order valence-electron chi connectivity index (χ2n) is 6.01. The minimum Gasteiger partial charge on any atom is -0.374 e. The van der Waals surface area contributed by atoms with Crippen molar-refractivity contribution in [3.8, 4) is 0 Å². The molecule has 116 valence electrons. The summed E-state index contributed by atoms with van der Waals surface area (Å²) in [7, 11) is 0. The van der Waals surface area contributed by atoms with Gasteiger partial charge in [0.05, 0.1) is 18.8 Å². The quantitative estimate of drug-likeness (QED) is 0.920. The van der Waals surface area contributed by atoms with Crippen LogP contribution in [0, 0.1) is 0 Å². The number of halogens is 1. The lowest BCUT2D eigenvalue weighted by atomic mass is 9.89. The molecule has 0 radical (unpaired) electrons. The average Bonchev–Trinajstić information content (AvgIpc) is 2.53. The molecule has 1 aromatic rings. The van der Waals surface area contributed by atoms with Gasteiger partial charge in [0.25, 0.3) is 0 Å². The fourth-order valence-corrected chi connectivity index (χ4v) is 3.78. The third kappa shape index (κ3) is 3.36. The number of fused-ring (bicyclic) bond motifs is 1. The van der Waals surface area contributed by atoms with E-state index < -0.39 is 0 Å². The van der Waals surface area contributed by atoms with Gasteiger partial charge in [0, 0.05) is 23.8 Å². The molecule has 3 nitrogen and oxygen atoms in total. The first-order valence-corrected chi connectivity index (χ1v) is 8.54. The molecule has 0 bridgehead atoms.